The summed E-state index contributed by atoms with van der Waals surface area (Å²) in [6.45, 7) is 0. The first-order chi connectivity index (χ1) is 5.43. The van der Waals surface area contributed by atoms with E-state index in [2.05, 4.69) is 4.98 Å². The molecule has 0 spiro atoms. The molecular weight excluding hydrogens is 136 g/mol. The van der Waals surface area contributed by atoms with Gasteiger partial charge in [0.2, 0.25) is 0 Å². The molecule has 2 N–H and O–H groups in total. The highest BCUT2D eigenvalue weighted by atomic mass is 14.6. The average molecular weight is 146 g/mol. The molecule has 0 unspecified atom stereocenters. The minimum absolute atomic E-state index is 0.936. The summed E-state index contributed by atoms with van der Waals surface area (Å²) >= 11 is 0. The van der Waals surface area contributed by atoms with Gasteiger partial charge in [0.05, 0.1) is 5.69 Å². The van der Waals surface area contributed by atoms with E-state index in [4.69, 9.17) is 5.73 Å². The van der Waals surface area contributed by atoms with Crippen molar-refractivity contribution in [1.82, 2.24) is 4.98 Å². The molecule has 0 aliphatic carbocycles. The largest absolute Gasteiger partial charge is 0.405 e. The molecule has 11 heavy (non-hydrogen) atoms. The molecule has 0 aliphatic rings. The molecule has 1 aromatic rings. The van der Waals surface area contributed by atoms with Crippen LogP contribution in [0, 0.1) is 0 Å². The fourth-order valence-corrected chi connectivity index (χ4v) is 0.693. The summed E-state index contributed by atoms with van der Waals surface area (Å²) in [6, 6.07) is 5.76. The van der Waals surface area contributed by atoms with E-state index in [0.29, 0.717) is 0 Å². The Morgan fingerprint density at radius 1 is 1.27 bits per heavy atom. The lowest BCUT2D eigenvalue weighted by Gasteiger charge is -1.86. The predicted molar refractivity (Wildman–Crippen MR) is 46.6 cm³/mol. The van der Waals surface area contributed by atoms with Crippen molar-refractivity contribution in [2.75, 3.05) is 0 Å². The Bertz CT molecular complexity index is 250. The third-order valence-corrected chi connectivity index (χ3v) is 1.18. The van der Waals surface area contributed by atoms with E-state index in [-0.39, 0.29) is 0 Å². The van der Waals surface area contributed by atoms with Gasteiger partial charge in [0.1, 0.15) is 0 Å². The molecule has 2 heteroatoms. The van der Waals surface area contributed by atoms with Crippen LogP contribution >= 0.6 is 0 Å². The molecule has 0 saturated carbocycles. The summed E-state index contributed by atoms with van der Waals surface area (Å²) < 4.78 is 0. The van der Waals surface area contributed by atoms with Crippen LogP contribution in [0.25, 0.3) is 6.08 Å². The third kappa shape index (κ3) is 2.67. The quantitative estimate of drug-likeness (QED) is 0.643. The lowest BCUT2D eigenvalue weighted by Crippen LogP contribution is -1.76. The van der Waals surface area contributed by atoms with Gasteiger partial charge in [-0.15, -0.1) is 0 Å². The minimum Gasteiger partial charge on any atom is -0.405 e. The number of allylic oxidation sites excluding steroid dienone is 2. The SMILES string of the molecule is N/C=C/C=C\c1ccccn1. The molecule has 1 heterocycles. The maximum atomic E-state index is 5.14. The maximum Gasteiger partial charge on any atom is 0.0629 e. The molecule has 0 bridgehead atoms. The topological polar surface area (TPSA) is 38.9 Å². The predicted octanol–water partition coefficient (Wildman–Crippen LogP) is 1.57. The Morgan fingerprint density at radius 3 is 2.82 bits per heavy atom. The highest BCUT2D eigenvalue weighted by Gasteiger charge is 1.80. The fraction of sp³-hybridized carbons (Fsp3) is 0. The van der Waals surface area contributed by atoms with Crippen LogP contribution in [-0.4, -0.2) is 4.98 Å². The Kier molecular flexibility index (Phi) is 2.93. The van der Waals surface area contributed by atoms with Crippen LogP contribution in [0.3, 0.4) is 0 Å². The monoisotopic (exact) mass is 146 g/mol. The van der Waals surface area contributed by atoms with E-state index in [1.807, 2.05) is 30.4 Å². The Balaban J connectivity index is 2.64. The maximum absolute atomic E-state index is 5.14. The lowest BCUT2D eigenvalue weighted by molar-refractivity contribution is 1.30. The summed E-state index contributed by atoms with van der Waals surface area (Å²) in [4.78, 5) is 4.09. The number of aromatic nitrogens is 1. The van der Waals surface area contributed by atoms with Gasteiger partial charge < -0.3 is 5.73 Å². The number of nitrogens with zero attached hydrogens (tertiary/aromatic N) is 1. The number of pyridine rings is 1. The standard InChI is InChI=1S/C9H10N2/c10-7-3-1-5-9-6-2-4-8-11-9/h1-8H,10H2/b5-1-,7-3+. The zero-order chi connectivity index (χ0) is 7.94. The lowest BCUT2D eigenvalue weighted by atomic mass is 10.3. The van der Waals surface area contributed by atoms with E-state index < -0.39 is 0 Å². The number of rotatable bonds is 2. The van der Waals surface area contributed by atoms with Gasteiger partial charge in [-0.2, -0.15) is 0 Å². The Labute approximate surface area is 66.1 Å². The zero-order valence-electron chi connectivity index (χ0n) is 6.14. The van der Waals surface area contributed by atoms with Gasteiger partial charge in [0.25, 0.3) is 0 Å². The van der Waals surface area contributed by atoms with Crippen molar-refractivity contribution < 1.29 is 0 Å². The zero-order valence-corrected chi connectivity index (χ0v) is 6.14. The Morgan fingerprint density at radius 2 is 2.18 bits per heavy atom. The second-order valence-corrected chi connectivity index (χ2v) is 2.00. The normalized spacial score (nSPS) is 11.3. The van der Waals surface area contributed by atoms with Crippen molar-refractivity contribution in [3.63, 3.8) is 0 Å². The van der Waals surface area contributed by atoms with Gasteiger partial charge in [-0.25, -0.2) is 0 Å². The summed E-state index contributed by atoms with van der Waals surface area (Å²) in [5, 5.41) is 0. The molecule has 0 fully saturated rings. The van der Waals surface area contributed by atoms with E-state index in [9.17, 15) is 0 Å². The molecule has 0 amide bonds. The van der Waals surface area contributed by atoms with Crippen LogP contribution in [0.15, 0.2) is 42.7 Å². The summed E-state index contributed by atoms with van der Waals surface area (Å²) in [5.41, 5.74) is 6.08. The number of nitrogens with two attached hydrogens (primary N) is 1. The molecule has 1 rings (SSSR count). The van der Waals surface area contributed by atoms with Crippen molar-refractivity contribution in [3.05, 3.63) is 48.4 Å². The fourth-order valence-electron chi connectivity index (χ4n) is 0.693. The average Bonchev–Trinajstić information content (AvgIpc) is 2.07. The van der Waals surface area contributed by atoms with Crippen LogP contribution in [0.5, 0.6) is 0 Å². The van der Waals surface area contributed by atoms with Crippen LogP contribution in [0.4, 0.5) is 0 Å². The molecule has 2 nitrogen and oxygen atoms in total. The minimum atomic E-state index is 0.936. The summed E-state index contributed by atoms with van der Waals surface area (Å²) in [7, 11) is 0. The first-order valence-corrected chi connectivity index (χ1v) is 3.39. The van der Waals surface area contributed by atoms with Gasteiger partial charge in [-0.3, -0.25) is 4.98 Å². The molecule has 0 saturated heterocycles. The summed E-state index contributed by atoms with van der Waals surface area (Å²) in [6.07, 6.45) is 8.74. The van der Waals surface area contributed by atoms with Gasteiger partial charge in [0.15, 0.2) is 0 Å². The Hall–Kier alpha value is -1.57. The van der Waals surface area contributed by atoms with E-state index in [0.717, 1.165) is 5.69 Å². The first kappa shape index (κ1) is 7.54. The van der Waals surface area contributed by atoms with Crippen molar-refractivity contribution >= 4 is 6.08 Å². The molecule has 1 aromatic heterocycles. The van der Waals surface area contributed by atoms with E-state index >= 15 is 0 Å². The molecule has 0 atom stereocenters. The molecule has 0 radical (unpaired) electrons. The van der Waals surface area contributed by atoms with E-state index in [1.165, 1.54) is 6.20 Å². The molecule has 0 aromatic carbocycles. The molecule has 0 aliphatic heterocycles. The number of hydrogen-bond acceptors (Lipinski definition) is 2. The van der Waals surface area contributed by atoms with Crippen LogP contribution in [-0.2, 0) is 0 Å². The third-order valence-electron chi connectivity index (χ3n) is 1.18. The van der Waals surface area contributed by atoms with Crippen molar-refractivity contribution in [2.45, 2.75) is 0 Å². The van der Waals surface area contributed by atoms with Gasteiger partial charge in [-0.1, -0.05) is 12.1 Å². The number of hydrogen-bond donors (Lipinski definition) is 1. The second-order valence-electron chi connectivity index (χ2n) is 2.00. The van der Waals surface area contributed by atoms with Crippen molar-refractivity contribution in [3.8, 4) is 0 Å². The highest BCUT2D eigenvalue weighted by Crippen LogP contribution is 1.95. The molecule has 56 valence electrons. The van der Waals surface area contributed by atoms with Crippen molar-refractivity contribution in [1.29, 1.82) is 0 Å². The van der Waals surface area contributed by atoms with Crippen LogP contribution in [0.1, 0.15) is 5.69 Å². The smallest absolute Gasteiger partial charge is 0.0629 e. The van der Waals surface area contributed by atoms with E-state index in [1.54, 1.807) is 12.3 Å². The van der Waals surface area contributed by atoms with Gasteiger partial charge >= 0.3 is 0 Å². The van der Waals surface area contributed by atoms with Crippen LogP contribution < -0.4 is 5.73 Å². The summed E-state index contributed by atoms with van der Waals surface area (Å²) in [5.74, 6) is 0. The second kappa shape index (κ2) is 4.28. The highest BCUT2D eigenvalue weighted by molar-refractivity contribution is 5.45. The van der Waals surface area contributed by atoms with Crippen LogP contribution in [0.2, 0.25) is 0 Å². The van der Waals surface area contributed by atoms with Gasteiger partial charge in [-0.05, 0) is 30.5 Å². The molecular formula is C9H10N2. The van der Waals surface area contributed by atoms with Gasteiger partial charge in [0, 0.05) is 6.20 Å². The first-order valence-electron chi connectivity index (χ1n) is 3.39. The van der Waals surface area contributed by atoms with Crippen molar-refractivity contribution in [2.24, 2.45) is 5.73 Å².